The fraction of sp³-hybridized carbons (Fsp3) is 0.286. The molecule has 2 N–H and O–H groups in total. The molecule has 2 aromatic rings. The molecule has 1 aliphatic heterocycles. The molecule has 0 aliphatic carbocycles. The van der Waals surface area contributed by atoms with E-state index in [1.807, 2.05) is 0 Å². The molecule has 1 aromatic heterocycles. The summed E-state index contributed by atoms with van der Waals surface area (Å²) in [5, 5.41) is 9.98. The van der Waals surface area contributed by atoms with Crippen LogP contribution in [-0.4, -0.2) is 28.3 Å². The van der Waals surface area contributed by atoms with Crippen molar-refractivity contribution in [2.45, 2.75) is 18.9 Å². The third-order valence-electron chi connectivity index (χ3n) is 3.33. The summed E-state index contributed by atoms with van der Waals surface area (Å²) in [7, 11) is 0. The quantitative estimate of drug-likeness (QED) is 0.913. The second-order valence-electron chi connectivity index (χ2n) is 4.76. The predicted molar refractivity (Wildman–Crippen MR) is 80.4 cm³/mol. The first-order chi connectivity index (χ1) is 9.74. The maximum absolute atomic E-state index is 13.6. The minimum Gasteiger partial charge on any atom is -0.322 e. The van der Waals surface area contributed by atoms with Crippen molar-refractivity contribution in [1.29, 1.82) is 0 Å². The highest BCUT2D eigenvalue weighted by atomic mass is 35.5. The van der Waals surface area contributed by atoms with Gasteiger partial charge in [-0.2, -0.15) is 5.10 Å². The van der Waals surface area contributed by atoms with Crippen molar-refractivity contribution < 1.29 is 9.18 Å². The van der Waals surface area contributed by atoms with Crippen LogP contribution >= 0.6 is 12.4 Å². The number of aromatic nitrogens is 2. The summed E-state index contributed by atoms with van der Waals surface area (Å²) in [5.41, 5.74) is 0.916. The lowest BCUT2D eigenvalue weighted by Crippen LogP contribution is -2.35. The highest BCUT2D eigenvalue weighted by Gasteiger charge is 2.22. The van der Waals surface area contributed by atoms with Gasteiger partial charge in [-0.1, -0.05) is 12.1 Å². The first-order valence-electron chi connectivity index (χ1n) is 6.58. The zero-order valence-electron chi connectivity index (χ0n) is 11.3. The maximum atomic E-state index is 13.6. The fourth-order valence-electron chi connectivity index (χ4n) is 2.29. The number of benzene rings is 1. The standard InChI is InChI=1S/C14H15FN4O.ClH/c15-11-4-1-2-6-13(11)19-9-10(8-17-19)18-14(20)12-5-3-7-16-12;/h1-2,4,6,8-9,12,16H,3,5,7H2,(H,18,20);1H. The topological polar surface area (TPSA) is 59.0 Å². The Morgan fingerprint density at radius 3 is 2.95 bits per heavy atom. The molecule has 0 radical (unpaired) electrons. The van der Waals surface area contributed by atoms with Gasteiger partial charge in [-0.25, -0.2) is 9.07 Å². The first-order valence-corrected chi connectivity index (χ1v) is 6.58. The van der Waals surface area contributed by atoms with Crippen molar-refractivity contribution in [3.05, 3.63) is 42.5 Å². The van der Waals surface area contributed by atoms with Crippen LogP contribution in [0.2, 0.25) is 0 Å². The van der Waals surface area contributed by atoms with Crippen LogP contribution in [0.25, 0.3) is 5.69 Å². The minimum absolute atomic E-state index is 0. The average molecular weight is 311 g/mol. The Labute approximate surface area is 127 Å². The summed E-state index contributed by atoms with van der Waals surface area (Å²) < 4.78 is 15.0. The van der Waals surface area contributed by atoms with Gasteiger partial charge in [0.25, 0.3) is 0 Å². The number of amides is 1. The monoisotopic (exact) mass is 310 g/mol. The van der Waals surface area contributed by atoms with Crippen LogP contribution in [0, 0.1) is 5.82 Å². The van der Waals surface area contributed by atoms with Crippen LogP contribution in [0.1, 0.15) is 12.8 Å². The van der Waals surface area contributed by atoms with Crippen molar-refractivity contribution >= 4 is 24.0 Å². The van der Waals surface area contributed by atoms with Crippen molar-refractivity contribution in [3.63, 3.8) is 0 Å². The number of nitrogens with one attached hydrogen (secondary N) is 2. The number of carbonyl (C=O) groups excluding carboxylic acids is 1. The van der Waals surface area contributed by atoms with Gasteiger partial charge in [0.1, 0.15) is 11.5 Å². The van der Waals surface area contributed by atoms with Crippen molar-refractivity contribution in [3.8, 4) is 5.69 Å². The van der Waals surface area contributed by atoms with Crippen molar-refractivity contribution in [2.24, 2.45) is 0 Å². The van der Waals surface area contributed by atoms with Gasteiger partial charge in [0, 0.05) is 0 Å². The number of hydrogen-bond acceptors (Lipinski definition) is 3. The zero-order chi connectivity index (χ0) is 13.9. The van der Waals surface area contributed by atoms with Crippen LogP contribution in [-0.2, 0) is 4.79 Å². The van der Waals surface area contributed by atoms with Crippen LogP contribution in [0.3, 0.4) is 0 Å². The lowest BCUT2D eigenvalue weighted by molar-refractivity contribution is -0.117. The Hall–Kier alpha value is -1.92. The Balaban J connectivity index is 0.00000161. The first kappa shape index (κ1) is 15.5. The molecule has 0 bridgehead atoms. The van der Waals surface area contributed by atoms with Gasteiger partial charge in [-0.3, -0.25) is 4.79 Å². The second-order valence-corrected chi connectivity index (χ2v) is 4.76. The summed E-state index contributed by atoms with van der Waals surface area (Å²) in [6, 6.07) is 6.22. The Morgan fingerprint density at radius 2 is 2.24 bits per heavy atom. The number of nitrogens with zero attached hydrogens (tertiary/aromatic N) is 2. The van der Waals surface area contributed by atoms with E-state index < -0.39 is 0 Å². The molecule has 0 spiro atoms. The smallest absolute Gasteiger partial charge is 0.241 e. The molecular formula is C14H16ClFN4O. The molecule has 1 atom stereocenters. The zero-order valence-corrected chi connectivity index (χ0v) is 12.1. The van der Waals surface area contributed by atoms with Crippen LogP contribution in [0.5, 0.6) is 0 Å². The summed E-state index contributed by atoms with van der Waals surface area (Å²) in [6.45, 7) is 0.868. The highest BCUT2D eigenvalue weighted by molar-refractivity contribution is 5.94. The molecule has 1 aromatic carbocycles. The molecule has 1 saturated heterocycles. The normalized spacial score (nSPS) is 17.3. The van der Waals surface area contributed by atoms with Gasteiger partial charge in [0.15, 0.2) is 0 Å². The molecule has 1 aliphatic rings. The van der Waals surface area contributed by atoms with E-state index >= 15 is 0 Å². The highest BCUT2D eigenvalue weighted by Crippen LogP contribution is 2.15. The van der Waals surface area contributed by atoms with Gasteiger partial charge in [0.2, 0.25) is 5.91 Å². The van der Waals surface area contributed by atoms with E-state index in [2.05, 4.69) is 15.7 Å². The number of halogens is 2. The van der Waals surface area contributed by atoms with E-state index in [1.54, 1.807) is 24.4 Å². The third kappa shape index (κ3) is 3.40. The Kier molecular flexibility index (Phi) is 4.93. The Bertz CT molecular complexity index is 625. The van der Waals surface area contributed by atoms with Gasteiger partial charge < -0.3 is 10.6 Å². The third-order valence-corrected chi connectivity index (χ3v) is 3.33. The van der Waals surface area contributed by atoms with Crippen molar-refractivity contribution in [2.75, 3.05) is 11.9 Å². The molecule has 7 heteroatoms. The van der Waals surface area contributed by atoms with E-state index in [0.29, 0.717) is 11.4 Å². The second kappa shape index (κ2) is 6.69. The van der Waals surface area contributed by atoms with E-state index in [0.717, 1.165) is 19.4 Å². The van der Waals surface area contributed by atoms with E-state index in [4.69, 9.17) is 0 Å². The van der Waals surface area contributed by atoms with Gasteiger partial charge >= 0.3 is 0 Å². The largest absolute Gasteiger partial charge is 0.322 e. The summed E-state index contributed by atoms with van der Waals surface area (Å²) in [6.07, 6.45) is 4.96. The number of anilines is 1. The molecular weight excluding hydrogens is 295 g/mol. The number of hydrogen-bond donors (Lipinski definition) is 2. The summed E-state index contributed by atoms with van der Waals surface area (Å²) in [4.78, 5) is 11.9. The van der Waals surface area contributed by atoms with Crippen LogP contribution < -0.4 is 10.6 Å². The molecule has 1 fully saturated rings. The number of rotatable bonds is 3. The van der Waals surface area contributed by atoms with Gasteiger partial charge in [-0.05, 0) is 31.5 Å². The summed E-state index contributed by atoms with van der Waals surface area (Å²) >= 11 is 0. The molecule has 21 heavy (non-hydrogen) atoms. The molecule has 1 unspecified atom stereocenters. The molecule has 2 heterocycles. The lowest BCUT2D eigenvalue weighted by Gasteiger charge is -2.09. The molecule has 112 valence electrons. The van der Waals surface area contributed by atoms with Gasteiger partial charge in [0.05, 0.1) is 24.1 Å². The summed E-state index contributed by atoms with van der Waals surface area (Å²) in [5.74, 6) is -0.429. The lowest BCUT2D eigenvalue weighted by atomic mass is 10.2. The molecule has 1 amide bonds. The van der Waals surface area contributed by atoms with Gasteiger partial charge in [-0.15, -0.1) is 12.4 Å². The number of carbonyl (C=O) groups is 1. The molecule has 3 rings (SSSR count). The predicted octanol–water partition coefficient (Wildman–Crippen LogP) is 2.12. The maximum Gasteiger partial charge on any atom is 0.241 e. The van der Waals surface area contributed by atoms with Crippen molar-refractivity contribution in [1.82, 2.24) is 15.1 Å². The van der Waals surface area contributed by atoms with E-state index in [1.165, 1.54) is 16.9 Å². The minimum atomic E-state index is -0.356. The van der Waals surface area contributed by atoms with E-state index in [9.17, 15) is 9.18 Å². The van der Waals surface area contributed by atoms with E-state index in [-0.39, 0.29) is 30.2 Å². The number of para-hydroxylation sites is 1. The molecule has 5 nitrogen and oxygen atoms in total. The molecule has 0 saturated carbocycles. The SMILES string of the molecule is Cl.O=C(Nc1cnn(-c2ccccc2F)c1)C1CCCN1. The van der Waals surface area contributed by atoms with Crippen LogP contribution in [0.15, 0.2) is 36.7 Å². The fourth-order valence-corrected chi connectivity index (χ4v) is 2.29. The average Bonchev–Trinajstić information content (AvgIpc) is 3.10. The van der Waals surface area contributed by atoms with Crippen LogP contribution in [0.4, 0.5) is 10.1 Å². The Morgan fingerprint density at radius 1 is 1.43 bits per heavy atom.